The van der Waals surface area contributed by atoms with Crippen molar-refractivity contribution >= 4 is 11.9 Å². The number of carboxylic acid groups (broad SMARTS) is 2. The van der Waals surface area contributed by atoms with Crippen LogP contribution < -0.4 is 0 Å². The molecule has 0 radical (unpaired) electrons. The minimum absolute atomic E-state index is 0.0548. The van der Waals surface area contributed by atoms with Gasteiger partial charge in [-0.05, 0) is 26.0 Å². The highest BCUT2D eigenvalue weighted by Gasteiger charge is 2.14. The Bertz CT molecular complexity index is 599. The number of carboxylic acids is 2. The third kappa shape index (κ3) is 2.46. The first-order valence-corrected chi connectivity index (χ1v) is 5.44. The van der Waals surface area contributed by atoms with Gasteiger partial charge in [0.05, 0.1) is 0 Å². The molecule has 0 unspecified atom stereocenters. The lowest BCUT2D eigenvalue weighted by molar-refractivity contribution is 0.0679. The highest BCUT2D eigenvalue weighted by atomic mass is 16.4. The van der Waals surface area contributed by atoms with E-state index in [4.69, 9.17) is 10.2 Å². The Morgan fingerprint density at radius 1 is 1.00 bits per heavy atom. The largest absolute Gasteiger partial charge is 0.476 e. The zero-order valence-electron chi connectivity index (χ0n) is 10.4. The summed E-state index contributed by atoms with van der Waals surface area (Å²) in [6.07, 6.45) is 0. The number of aryl methyl sites for hydroxylation is 2. The topological polar surface area (TPSA) is 110 Å². The van der Waals surface area contributed by atoms with E-state index in [1.54, 1.807) is 13.8 Å². The van der Waals surface area contributed by atoms with Gasteiger partial charge in [-0.2, -0.15) is 10.2 Å². The number of rotatable bonds is 4. The summed E-state index contributed by atoms with van der Waals surface area (Å²) in [5, 5.41) is 25.5. The van der Waals surface area contributed by atoms with E-state index in [-0.39, 0.29) is 18.1 Å². The average Bonchev–Trinajstić information content (AvgIpc) is 2.85. The molecule has 0 saturated heterocycles. The maximum atomic E-state index is 10.8. The predicted octanol–water partition coefficient (Wildman–Crippen LogP) is 0.599. The van der Waals surface area contributed by atoms with Crippen LogP contribution in [0.1, 0.15) is 32.4 Å². The van der Waals surface area contributed by atoms with Crippen LogP contribution in [0.4, 0.5) is 0 Å². The van der Waals surface area contributed by atoms with Crippen LogP contribution >= 0.6 is 0 Å². The van der Waals surface area contributed by atoms with E-state index in [1.165, 1.54) is 21.5 Å². The van der Waals surface area contributed by atoms with Crippen LogP contribution in [0.5, 0.6) is 0 Å². The van der Waals surface area contributed by atoms with Crippen LogP contribution in [0.25, 0.3) is 0 Å². The summed E-state index contributed by atoms with van der Waals surface area (Å²) >= 11 is 0. The molecule has 0 atom stereocenters. The van der Waals surface area contributed by atoms with Crippen molar-refractivity contribution in [1.29, 1.82) is 0 Å². The fourth-order valence-corrected chi connectivity index (χ4v) is 1.64. The number of carbonyl (C=O) groups is 2. The molecule has 0 aliphatic carbocycles. The third-order valence-electron chi connectivity index (χ3n) is 2.67. The van der Waals surface area contributed by atoms with E-state index in [1.807, 2.05) is 0 Å². The second kappa shape index (κ2) is 4.56. The van der Waals surface area contributed by atoms with Gasteiger partial charge in [-0.25, -0.2) is 19.0 Å². The summed E-state index contributed by atoms with van der Waals surface area (Å²) in [6.45, 7) is 3.60. The molecule has 2 aromatic heterocycles. The number of hydrogen-bond donors (Lipinski definition) is 2. The average molecular weight is 264 g/mol. The van der Waals surface area contributed by atoms with Crippen molar-refractivity contribution < 1.29 is 19.8 Å². The summed E-state index contributed by atoms with van der Waals surface area (Å²) < 4.78 is 2.91. The molecule has 8 nitrogen and oxygen atoms in total. The van der Waals surface area contributed by atoms with Gasteiger partial charge in [-0.1, -0.05) is 0 Å². The fraction of sp³-hybridized carbons (Fsp3) is 0.273. The van der Waals surface area contributed by atoms with Crippen molar-refractivity contribution in [3.8, 4) is 0 Å². The Balaban J connectivity index is 2.30. The monoisotopic (exact) mass is 264 g/mol. The number of hydrogen-bond acceptors (Lipinski definition) is 4. The maximum Gasteiger partial charge on any atom is 0.356 e. The van der Waals surface area contributed by atoms with E-state index < -0.39 is 11.9 Å². The van der Waals surface area contributed by atoms with Crippen LogP contribution in [-0.2, 0) is 6.67 Å². The summed E-state index contributed by atoms with van der Waals surface area (Å²) in [5.74, 6) is -2.21. The Kier molecular flexibility index (Phi) is 3.07. The van der Waals surface area contributed by atoms with Crippen LogP contribution in [0.2, 0.25) is 0 Å². The molecule has 2 N–H and O–H groups in total. The third-order valence-corrected chi connectivity index (χ3v) is 2.67. The van der Waals surface area contributed by atoms with Crippen LogP contribution in [0, 0.1) is 13.8 Å². The molecule has 0 amide bonds. The van der Waals surface area contributed by atoms with Gasteiger partial charge < -0.3 is 10.2 Å². The van der Waals surface area contributed by atoms with Gasteiger partial charge in [0.1, 0.15) is 6.67 Å². The molecule has 0 aliphatic heterocycles. The van der Waals surface area contributed by atoms with E-state index in [9.17, 15) is 9.59 Å². The molecule has 2 rings (SSSR count). The molecular formula is C11H12N4O4. The molecule has 2 heterocycles. The van der Waals surface area contributed by atoms with Crippen LogP contribution in [-0.4, -0.2) is 41.7 Å². The highest BCUT2D eigenvalue weighted by molar-refractivity contribution is 5.85. The smallest absolute Gasteiger partial charge is 0.356 e. The van der Waals surface area contributed by atoms with Gasteiger partial charge in [0.2, 0.25) is 0 Å². The SMILES string of the molecule is Cc1cc(C(=O)O)nn1Cn1nc(C(=O)O)cc1C. The predicted molar refractivity (Wildman–Crippen MR) is 63.2 cm³/mol. The Morgan fingerprint density at radius 3 is 1.63 bits per heavy atom. The summed E-state index contributed by atoms with van der Waals surface area (Å²) in [6, 6.07) is 2.89. The Morgan fingerprint density at radius 2 is 1.37 bits per heavy atom. The lowest BCUT2D eigenvalue weighted by Crippen LogP contribution is -2.14. The minimum Gasteiger partial charge on any atom is -0.476 e. The lowest BCUT2D eigenvalue weighted by atomic mass is 10.4. The number of nitrogens with zero attached hydrogens (tertiary/aromatic N) is 4. The Labute approximate surface area is 107 Å². The van der Waals surface area contributed by atoms with Crippen molar-refractivity contribution in [1.82, 2.24) is 19.6 Å². The van der Waals surface area contributed by atoms with Crippen molar-refractivity contribution in [2.45, 2.75) is 20.5 Å². The van der Waals surface area contributed by atoms with Crippen LogP contribution in [0.15, 0.2) is 12.1 Å². The first-order chi connectivity index (χ1) is 8.88. The molecule has 0 saturated carbocycles. The standard InChI is InChI=1S/C11H12N4O4/c1-6-3-8(10(16)17)12-14(6)5-15-7(2)4-9(13-15)11(18)19/h3-4H,5H2,1-2H3,(H,16,17)(H,18,19). The first kappa shape index (κ1) is 12.8. The van der Waals surface area contributed by atoms with Gasteiger partial charge in [-0.3, -0.25) is 0 Å². The quantitative estimate of drug-likeness (QED) is 0.836. The maximum absolute atomic E-state index is 10.8. The van der Waals surface area contributed by atoms with Gasteiger partial charge in [-0.15, -0.1) is 0 Å². The van der Waals surface area contributed by atoms with Crippen molar-refractivity contribution in [3.63, 3.8) is 0 Å². The molecular weight excluding hydrogens is 252 g/mol. The van der Waals surface area contributed by atoms with Crippen LogP contribution in [0.3, 0.4) is 0 Å². The second-order valence-electron chi connectivity index (χ2n) is 4.09. The fourth-order valence-electron chi connectivity index (χ4n) is 1.64. The zero-order valence-corrected chi connectivity index (χ0v) is 10.4. The molecule has 0 aliphatic rings. The second-order valence-corrected chi connectivity index (χ2v) is 4.09. The molecule has 100 valence electrons. The zero-order chi connectivity index (χ0) is 14.2. The van der Waals surface area contributed by atoms with Crippen molar-refractivity contribution in [2.24, 2.45) is 0 Å². The molecule has 8 heteroatoms. The molecule has 2 aromatic rings. The van der Waals surface area contributed by atoms with E-state index in [0.717, 1.165) is 0 Å². The normalized spacial score (nSPS) is 10.6. The summed E-state index contributed by atoms with van der Waals surface area (Å²) in [5.41, 5.74) is 1.20. The summed E-state index contributed by atoms with van der Waals surface area (Å²) in [4.78, 5) is 21.6. The van der Waals surface area contributed by atoms with Gasteiger partial charge in [0.15, 0.2) is 11.4 Å². The molecule has 19 heavy (non-hydrogen) atoms. The molecule has 0 fully saturated rings. The lowest BCUT2D eigenvalue weighted by Gasteiger charge is -2.06. The van der Waals surface area contributed by atoms with E-state index >= 15 is 0 Å². The first-order valence-electron chi connectivity index (χ1n) is 5.44. The summed E-state index contributed by atoms with van der Waals surface area (Å²) in [7, 11) is 0. The molecule has 0 aromatic carbocycles. The van der Waals surface area contributed by atoms with Crippen molar-refractivity contribution in [2.75, 3.05) is 0 Å². The molecule has 0 bridgehead atoms. The van der Waals surface area contributed by atoms with Gasteiger partial charge in [0.25, 0.3) is 0 Å². The van der Waals surface area contributed by atoms with Crippen molar-refractivity contribution in [3.05, 3.63) is 34.9 Å². The number of aromatic carboxylic acids is 2. The molecule has 0 spiro atoms. The van der Waals surface area contributed by atoms with E-state index in [2.05, 4.69) is 10.2 Å². The minimum atomic E-state index is -1.11. The van der Waals surface area contributed by atoms with Gasteiger partial charge in [0, 0.05) is 11.4 Å². The van der Waals surface area contributed by atoms with E-state index in [0.29, 0.717) is 11.4 Å². The Hall–Kier alpha value is -2.64. The number of aromatic nitrogens is 4. The van der Waals surface area contributed by atoms with Gasteiger partial charge >= 0.3 is 11.9 Å². The highest BCUT2D eigenvalue weighted by Crippen LogP contribution is 2.07.